The van der Waals surface area contributed by atoms with Crippen LogP contribution in [0.15, 0.2) is 0 Å². The van der Waals surface area contributed by atoms with Crippen molar-refractivity contribution >= 4 is 0 Å². The van der Waals surface area contributed by atoms with Gasteiger partial charge in [-0.05, 0) is 0 Å². The van der Waals surface area contributed by atoms with E-state index in [-0.39, 0.29) is 5.48 Å². The maximum Gasteiger partial charge on any atom is 0.145 e. The molecule has 0 aliphatic rings. The average Bonchev–Trinajstić information content (AvgIpc) is 1.93. The fourth-order valence-electron chi connectivity index (χ4n) is 0.236. The standard InChI is InChI=1S/2C3H8O2.H2O/c2*1-4-3-5-2;/h2*3H2,1-2H3;1H2. The van der Waals surface area contributed by atoms with E-state index in [0.29, 0.717) is 13.6 Å². The summed E-state index contributed by atoms with van der Waals surface area (Å²) in [4.78, 5) is 0. The van der Waals surface area contributed by atoms with Crippen molar-refractivity contribution in [1.82, 2.24) is 0 Å². The highest BCUT2D eigenvalue weighted by Crippen LogP contribution is 1.60. The van der Waals surface area contributed by atoms with Crippen LogP contribution in [-0.4, -0.2) is 47.5 Å². The lowest BCUT2D eigenvalue weighted by Crippen LogP contribution is -1.87. The van der Waals surface area contributed by atoms with Gasteiger partial charge >= 0.3 is 0 Å². The zero-order valence-corrected chi connectivity index (χ0v) is 7.55. The first kappa shape index (κ1) is 17.0. The molecular formula is C6H18O5. The van der Waals surface area contributed by atoms with Crippen LogP contribution >= 0.6 is 0 Å². The Morgan fingerprint density at radius 1 is 0.636 bits per heavy atom. The third-order valence-corrected chi connectivity index (χ3v) is 0.471. The van der Waals surface area contributed by atoms with Crippen LogP contribution in [0.5, 0.6) is 0 Å². The van der Waals surface area contributed by atoms with E-state index in [4.69, 9.17) is 0 Å². The molecule has 0 amide bonds. The van der Waals surface area contributed by atoms with Gasteiger partial charge in [0.1, 0.15) is 13.6 Å². The van der Waals surface area contributed by atoms with Crippen molar-refractivity contribution in [3.05, 3.63) is 0 Å². The lowest BCUT2D eigenvalue weighted by molar-refractivity contribution is -0.00282. The predicted molar refractivity (Wildman–Crippen MR) is 41.4 cm³/mol. The fraction of sp³-hybridized carbons (Fsp3) is 1.00. The minimum atomic E-state index is 0. The van der Waals surface area contributed by atoms with Crippen LogP contribution in [0.3, 0.4) is 0 Å². The number of ether oxygens (including phenoxy) is 4. The summed E-state index contributed by atoms with van der Waals surface area (Å²) in [6.45, 7) is 0.778. The fourth-order valence-corrected chi connectivity index (χ4v) is 0.236. The van der Waals surface area contributed by atoms with Crippen molar-refractivity contribution in [1.29, 1.82) is 0 Å². The smallest absolute Gasteiger partial charge is 0.145 e. The SMILES string of the molecule is COCOC.COCOC.O. The quantitative estimate of drug-likeness (QED) is 0.541. The molecule has 0 aliphatic heterocycles. The Morgan fingerprint density at radius 2 is 0.818 bits per heavy atom. The summed E-state index contributed by atoms with van der Waals surface area (Å²) >= 11 is 0. The zero-order valence-electron chi connectivity index (χ0n) is 7.55. The molecule has 0 saturated heterocycles. The molecule has 0 aromatic carbocycles. The number of methoxy groups -OCH3 is 4. The van der Waals surface area contributed by atoms with Gasteiger partial charge in [0.15, 0.2) is 0 Å². The molecule has 5 nitrogen and oxygen atoms in total. The average molecular weight is 170 g/mol. The summed E-state index contributed by atoms with van der Waals surface area (Å²) in [6, 6.07) is 0. The van der Waals surface area contributed by atoms with Crippen molar-refractivity contribution in [2.75, 3.05) is 42.0 Å². The van der Waals surface area contributed by atoms with Gasteiger partial charge in [-0.3, -0.25) is 0 Å². The molecule has 11 heavy (non-hydrogen) atoms. The van der Waals surface area contributed by atoms with Crippen LogP contribution in [0.4, 0.5) is 0 Å². The van der Waals surface area contributed by atoms with Gasteiger partial charge in [-0.15, -0.1) is 0 Å². The van der Waals surface area contributed by atoms with Crippen LogP contribution in [0.25, 0.3) is 0 Å². The molecule has 0 bridgehead atoms. The van der Waals surface area contributed by atoms with Crippen LogP contribution in [0.1, 0.15) is 0 Å². The highest BCUT2D eigenvalue weighted by Gasteiger charge is 1.63. The van der Waals surface area contributed by atoms with E-state index in [9.17, 15) is 0 Å². The van der Waals surface area contributed by atoms with Gasteiger partial charge in [0.05, 0.1) is 0 Å². The first-order valence-electron chi connectivity index (χ1n) is 2.79. The molecule has 0 unspecified atom stereocenters. The molecule has 0 heterocycles. The summed E-state index contributed by atoms with van der Waals surface area (Å²) in [6.07, 6.45) is 0. The van der Waals surface area contributed by atoms with Crippen molar-refractivity contribution in [3.8, 4) is 0 Å². The van der Waals surface area contributed by atoms with Crippen molar-refractivity contribution in [2.24, 2.45) is 0 Å². The molecule has 72 valence electrons. The first-order valence-corrected chi connectivity index (χ1v) is 2.79. The minimum Gasteiger partial charge on any atom is -0.412 e. The molecule has 0 radical (unpaired) electrons. The third-order valence-electron chi connectivity index (χ3n) is 0.471. The van der Waals surface area contributed by atoms with Gasteiger partial charge in [0.2, 0.25) is 0 Å². The second-order valence-corrected chi connectivity index (χ2v) is 1.39. The summed E-state index contributed by atoms with van der Waals surface area (Å²) < 4.78 is 17.9. The maximum absolute atomic E-state index is 4.47. The highest BCUT2D eigenvalue weighted by atomic mass is 16.7. The summed E-state index contributed by atoms with van der Waals surface area (Å²) in [5.74, 6) is 0. The molecule has 0 atom stereocenters. The molecule has 5 heteroatoms. The lowest BCUT2D eigenvalue weighted by Gasteiger charge is -1.87. The zero-order chi connectivity index (χ0) is 8.24. The Hall–Kier alpha value is -0.200. The summed E-state index contributed by atoms with van der Waals surface area (Å²) in [7, 11) is 6.35. The van der Waals surface area contributed by atoms with Crippen molar-refractivity contribution < 1.29 is 24.4 Å². The van der Waals surface area contributed by atoms with Crippen LogP contribution in [-0.2, 0) is 18.9 Å². The number of hydrogen-bond donors (Lipinski definition) is 0. The van der Waals surface area contributed by atoms with Crippen molar-refractivity contribution in [3.63, 3.8) is 0 Å². The van der Waals surface area contributed by atoms with Gasteiger partial charge in [0, 0.05) is 28.4 Å². The Bertz CT molecular complexity index is 32.0. The van der Waals surface area contributed by atoms with Crippen LogP contribution in [0, 0.1) is 0 Å². The van der Waals surface area contributed by atoms with E-state index in [1.165, 1.54) is 0 Å². The molecule has 0 aromatic heterocycles. The molecule has 0 spiro atoms. The highest BCUT2D eigenvalue weighted by molar-refractivity contribution is 3.85. The van der Waals surface area contributed by atoms with E-state index < -0.39 is 0 Å². The molecule has 0 saturated carbocycles. The second-order valence-electron chi connectivity index (χ2n) is 1.39. The second kappa shape index (κ2) is 22.6. The molecule has 2 N–H and O–H groups in total. The van der Waals surface area contributed by atoms with Gasteiger partial charge in [-0.25, -0.2) is 0 Å². The predicted octanol–water partition coefficient (Wildman–Crippen LogP) is -0.351. The van der Waals surface area contributed by atoms with E-state index in [1.807, 2.05) is 0 Å². The van der Waals surface area contributed by atoms with Gasteiger partial charge in [-0.1, -0.05) is 0 Å². The molecule has 0 aliphatic carbocycles. The molecular weight excluding hydrogens is 152 g/mol. The van der Waals surface area contributed by atoms with E-state index in [0.717, 1.165) is 0 Å². The van der Waals surface area contributed by atoms with Gasteiger partial charge < -0.3 is 24.4 Å². The molecule has 0 rings (SSSR count). The van der Waals surface area contributed by atoms with Crippen LogP contribution < -0.4 is 0 Å². The summed E-state index contributed by atoms with van der Waals surface area (Å²) in [5, 5.41) is 0. The monoisotopic (exact) mass is 170 g/mol. The third kappa shape index (κ3) is 41.3. The van der Waals surface area contributed by atoms with Crippen molar-refractivity contribution in [2.45, 2.75) is 0 Å². The normalized spacial score (nSPS) is 7.64. The van der Waals surface area contributed by atoms with Crippen LogP contribution in [0.2, 0.25) is 0 Å². The topological polar surface area (TPSA) is 68.4 Å². The van der Waals surface area contributed by atoms with E-state index in [1.54, 1.807) is 28.4 Å². The Balaban J connectivity index is -0.000000107. The first-order chi connectivity index (χ1) is 4.83. The summed E-state index contributed by atoms with van der Waals surface area (Å²) in [5.41, 5.74) is 0. The maximum atomic E-state index is 4.47. The van der Waals surface area contributed by atoms with Gasteiger partial charge in [0.25, 0.3) is 0 Å². The minimum absolute atomic E-state index is 0. The molecule has 0 aromatic rings. The number of rotatable bonds is 4. The largest absolute Gasteiger partial charge is 0.412 e. The Kier molecular flexibility index (Phi) is 35.0. The van der Waals surface area contributed by atoms with E-state index >= 15 is 0 Å². The van der Waals surface area contributed by atoms with Gasteiger partial charge in [-0.2, -0.15) is 0 Å². The van der Waals surface area contributed by atoms with E-state index in [2.05, 4.69) is 18.9 Å². The number of hydrogen-bond acceptors (Lipinski definition) is 4. The Morgan fingerprint density at radius 3 is 0.818 bits per heavy atom. The molecule has 0 fully saturated rings. The lowest BCUT2D eigenvalue weighted by atomic mass is 11.4. The Labute approximate surface area is 67.5 Å².